The molecule has 6 rings (SSSR count). The van der Waals surface area contributed by atoms with Crippen molar-refractivity contribution in [3.8, 4) is 28.4 Å². The molecule has 1 saturated heterocycles. The largest absolute Gasteiger partial charge is 0.505 e. The van der Waals surface area contributed by atoms with Crippen molar-refractivity contribution in [3.63, 3.8) is 0 Å². The van der Waals surface area contributed by atoms with Gasteiger partial charge in [0.2, 0.25) is 0 Å². The van der Waals surface area contributed by atoms with Gasteiger partial charge in [-0.1, -0.05) is 13.0 Å². The highest BCUT2D eigenvalue weighted by atomic mass is 19.1. The number of phenolic OH excluding ortho intramolecular Hbond substituents is 1. The standard InChI is InChI=1S/C25H27FN6O/c1-2-14-10-23(33)19(26)11-18(14)15-3-4-17-21(9-15)30-31-24(17)25-28-20-6-8-32(13-22(20)29-25)16-5-7-27-12-16/h3-4,9-11,16,27,33H,2,5-8,12-13H2,1H3,(H,28,29)(H,30,31). The Morgan fingerprint density at radius 3 is 2.97 bits per heavy atom. The first-order chi connectivity index (χ1) is 16.1. The number of benzene rings is 2. The Bertz CT molecular complexity index is 1340. The van der Waals surface area contributed by atoms with E-state index in [9.17, 15) is 9.50 Å². The second-order valence-electron chi connectivity index (χ2n) is 9.02. The summed E-state index contributed by atoms with van der Waals surface area (Å²) in [6.07, 6.45) is 2.84. The van der Waals surface area contributed by atoms with Gasteiger partial charge in [0, 0.05) is 37.5 Å². The Morgan fingerprint density at radius 2 is 2.15 bits per heavy atom. The van der Waals surface area contributed by atoms with Gasteiger partial charge in [-0.15, -0.1) is 0 Å². The third kappa shape index (κ3) is 3.50. The van der Waals surface area contributed by atoms with E-state index in [1.165, 1.54) is 24.2 Å². The van der Waals surface area contributed by atoms with Gasteiger partial charge in [0.05, 0.1) is 16.9 Å². The molecule has 33 heavy (non-hydrogen) atoms. The average molecular weight is 447 g/mol. The molecule has 4 aromatic rings. The molecule has 1 unspecified atom stereocenters. The minimum Gasteiger partial charge on any atom is -0.505 e. The van der Waals surface area contributed by atoms with Crippen LogP contribution in [0.3, 0.4) is 0 Å². The van der Waals surface area contributed by atoms with Gasteiger partial charge >= 0.3 is 0 Å². The molecule has 8 heteroatoms. The van der Waals surface area contributed by atoms with E-state index in [0.717, 1.165) is 77.4 Å². The van der Waals surface area contributed by atoms with Crippen LogP contribution in [0.1, 0.15) is 30.3 Å². The first-order valence-corrected chi connectivity index (χ1v) is 11.6. The maximum Gasteiger partial charge on any atom is 0.165 e. The number of hydrogen-bond acceptors (Lipinski definition) is 5. The highest BCUT2D eigenvalue weighted by Gasteiger charge is 2.28. The Morgan fingerprint density at radius 1 is 1.24 bits per heavy atom. The lowest BCUT2D eigenvalue weighted by Crippen LogP contribution is -2.40. The first-order valence-electron chi connectivity index (χ1n) is 11.6. The SMILES string of the molecule is CCc1cc(O)c(F)cc1-c1ccc2c(-c3nc4c([nH]3)CN(C3CCNC3)CC4)n[nH]c2c1. The maximum absolute atomic E-state index is 14.1. The van der Waals surface area contributed by atoms with Crippen LogP contribution < -0.4 is 5.32 Å². The van der Waals surface area contributed by atoms with E-state index in [4.69, 9.17) is 4.98 Å². The quantitative estimate of drug-likeness (QED) is 0.383. The van der Waals surface area contributed by atoms with E-state index in [-0.39, 0.29) is 5.75 Å². The number of aryl methyl sites for hydroxylation is 1. The van der Waals surface area contributed by atoms with Crippen LogP contribution >= 0.6 is 0 Å². The van der Waals surface area contributed by atoms with Crippen LogP contribution in [0.5, 0.6) is 5.75 Å². The Kier molecular flexibility index (Phi) is 4.92. The van der Waals surface area contributed by atoms with E-state index in [2.05, 4.69) is 25.4 Å². The lowest BCUT2D eigenvalue weighted by Gasteiger charge is -2.31. The van der Waals surface area contributed by atoms with Crippen LogP contribution in [-0.4, -0.2) is 55.8 Å². The highest BCUT2D eigenvalue weighted by Crippen LogP contribution is 2.34. The molecule has 1 fully saturated rings. The monoisotopic (exact) mass is 446 g/mol. The minimum atomic E-state index is -0.615. The molecule has 2 aromatic heterocycles. The molecule has 2 aliphatic heterocycles. The average Bonchev–Trinajstić information content (AvgIpc) is 3.58. The van der Waals surface area contributed by atoms with Crippen molar-refractivity contribution in [3.05, 3.63) is 53.1 Å². The lowest BCUT2D eigenvalue weighted by atomic mass is 9.96. The van der Waals surface area contributed by atoms with Crippen molar-refractivity contribution in [2.45, 2.75) is 38.8 Å². The smallest absolute Gasteiger partial charge is 0.165 e. The van der Waals surface area contributed by atoms with E-state index >= 15 is 0 Å². The number of nitrogens with zero attached hydrogens (tertiary/aromatic N) is 3. The molecule has 4 N–H and O–H groups in total. The summed E-state index contributed by atoms with van der Waals surface area (Å²) in [6.45, 7) is 6.09. The first kappa shape index (κ1) is 20.4. The predicted octanol–water partition coefficient (Wildman–Crippen LogP) is 3.75. The molecule has 0 radical (unpaired) electrons. The summed E-state index contributed by atoms with van der Waals surface area (Å²) < 4.78 is 14.1. The zero-order valence-electron chi connectivity index (χ0n) is 18.6. The van der Waals surface area contributed by atoms with Crippen LogP contribution in [0.25, 0.3) is 33.5 Å². The van der Waals surface area contributed by atoms with Crippen LogP contribution in [0.4, 0.5) is 4.39 Å². The van der Waals surface area contributed by atoms with E-state index in [1.54, 1.807) is 0 Å². The van der Waals surface area contributed by atoms with Gasteiger partial charge < -0.3 is 15.4 Å². The van der Waals surface area contributed by atoms with Gasteiger partial charge in [-0.3, -0.25) is 10.00 Å². The molecule has 2 aromatic carbocycles. The van der Waals surface area contributed by atoms with Crippen molar-refractivity contribution in [1.82, 2.24) is 30.4 Å². The number of H-pyrrole nitrogens is 2. The molecule has 1 atom stereocenters. The van der Waals surface area contributed by atoms with E-state index in [0.29, 0.717) is 12.5 Å². The van der Waals surface area contributed by atoms with Crippen molar-refractivity contribution < 1.29 is 9.50 Å². The zero-order valence-corrected chi connectivity index (χ0v) is 18.6. The summed E-state index contributed by atoms with van der Waals surface area (Å²) in [6, 6.07) is 9.47. The van der Waals surface area contributed by atoms with Crippen molar-refractivity contribution >= 4 is 10.9 Å². The zero-order chi connectivity index (χ0) is 22.5. The Balaban J connectivity index is 1.33. The van der Waals surface area contributed by atoms with Gasteiger partial charge in [-0.25, -0.2) is 9.37 Å². The number of nitrogens with one attached hydrogen (secondary N) is 3. The number of aromatic hydroxyl groups is 1. The molecule has 0 saturated carbocycles. The molecule has 0 amide bonds. The van der Waals surface area contributed by atoms with Gasteiger partial charge in [0.1, 0.15) is 5.69 Å². The minimum absolute atomic E-state index is 0.315. The third-order valence-corrected chi connectivity index (χ3v) is 7.06. The van der Waals surface area contributed by atoms with Gasteiger partial charge in [0.25, 0.3) is 0 Å². The van der Waals surface area contributed by atoms with E-state index in [1.807, 2.05) is 25.1 Å². The fourth-order valence-electron chi connectivity index (χ4n) is 5.22. The summed E-state index contributed by atoms with van der Waals surface area (Å²) in [5, 5.41) is 21.9. The molecular weight excluding hydrogens is 419 g/mol. The number of halogens is 1. The molecule has 2 aliphatic rings. The predicted molar refractivity (Wildman–Crippen MR) is 126 cm³/mol. The number of hydrogen-bond donors (Lipinski definition) is 4. The van der Waals surface area contributed by atoms with Crippen LogP contribution in [0, 0.1) is 5.82 Å². The molecule has 0 bridgehead atoms. The number of phenols is 1. The molecule has 0 spiro atoms. The molecule has 4 heterocycles. The van der Waals surface area contributed by atoms with Crippen LogP contribution in [0.15, 0.2) is 30.3 Å². The maximum atomic E-state index is 14.1. The molecule has 170 valence electrons. The van der Waals surface area contributed by atoms with Crippen molar-refractivity contribution in [1.29, 1.82) is 0 Å². The van der Waals surface area contributed by atoms with E-state index < -0.39 is 5.82 Å². The number of imidazole rings is 1. The number of aromatic amines is 2. The fraction of sp³-hybridized carbons (Fsp3) is 0.360. The third-order valence-electron chi connectivity index (χ3n) is 7.06. The van der Waals surface area contributed by atoms with Crippen LogP contribution in [-0.2, 0) is 19.4 Å². The number of rotatable bonds is 4. The second kappa shape index (κ2) is 7.97. The Labute approximate surface area is 191 Å². The van der Waals surface area contributed by atoms with Crippen molar-refractivity contribution in [2.24, 2.45) is 0 Å². The Hall–Kier alpha value is -3.23. The number of fused-ring (bicyclic) bond motifs is 2. The highest BCUT2D eigenvalue weighted by molar-refractivity contribution is 5.94. The molecule has 7 nitrogen and oxygen atoms in total. The molecular formula is C25H27FN6O. The summed E-state index contributed by atoms with van der Waals surface area (Å²) in [5.41, 5.74) is 6.54. The summed E-state index contributed by atoms with van der Waals surface area (Å²) in [7, 11) is 0. The second-order valence-corrected chi connectivity index (χ2v) is 9.02. The van der Waals surface area contributed by atoms with Gasteiger partial charge in [0.15, 0.2) is 17.4 Å². The summed E-state index contributed by atoms with van der Waals surface area (Å²) in [5.74, 6) is -0.142. The normalized spacial score (nSPS) is 18.8. The topological polar surface area (TPSA) is 92.9 Å². The number of aromatic nitrogens is 4. The van der Waals surface area contributed by atoms with Gasteiger partial charge in [-0.05, 0) is 60.3 Å². The summed E-state index contributed by atoms with van der Waals surface area (Å²) >= 11 is 0. The molecule has 0 aliphatic carbocycles. The summed E-state index contributed by atoms with van der Waals surface area (Å²) in [4.78, 5) is 10.9. The van der Waals surface area contributed by atoms with Gasteiger partial charge in [-0.2, -0.15) is 5.10 Å². The fourth-order valence-corrected chi connectivity index (χ4v) is 5.22. The van der Waals surface area contributed by atoms with Crippen LogP contribution in [0.2, 0.25) is 0 Å². The van der Waals surface area contributed by atoms with Crippen molar-refractivity contribution in [2.75, 3.05) is 19.6 Å². The lowest BCUT2D eigenvalue weighted by molar-refractivity contribution is 0.187.